The average Bonchev–Trinajstić information content (AvgIpc) is 2.91. The molecule has 0 fully saturated rings. The fourth-order valence-electron chi connectivity index (χ4n) is 3.10. The van der Waals surface area contributed by atoms with Crippen LogP contribution < -0.4 is 4.90 Å². The summed E-state index contributed by atoms with van der Waals surface area (Å²) in [5.41, 5.74) is 0.779. The van der Waals surface area contributed by atoms with Crippen molar-refractivity contribution in [2.45, 2.75) is 26.4 Å². The van der Waals surface area contributed by atoms with Gasteiger partial charge >= 0.3 is 0 Å². The summed E-state index contributed by atoms with van der Waals surface area (Å²) in [5.74, 6) is -0.496. The number of hydrogen-bond acceptors (Lipinski definition) is 4. The van der Waals surface area contributed by atoms with E-state index in [-0.39, 0.29) is 23.5 Å². The zero-order valence-corrected chi connectivity index (χ0v) is 14.2. The van der Waals surface area contributed by atoms with Gasteiger partial charge in [-0.05, 0) is 37.1 Å². The van der Waals surface area contributed by atoms with Crippen LogP contribution in [0.15, 0.2) is 54.3 Å². The van der Waals surface area contributed by atoms with Crippen LogP contribution in [0.3, 0.4) is 0 Å². The Kier molecular flexibility index (Phi) is 4.35. The van der Waals surface area contributed by atoms with Crippen molar-refractivity contribution in [2.75, 3.05) is 4.90 Å². The smallest absolute Gasteiger partial charge is 0.258 e. The number of hydrogen-bond donors (Lipinski definition) is 2. The molecule has 130 valence electrons. The molecule has 0 spiro atoms. The summed E-state index contributed by atoms with van der Waals surface area (Å²) in [6.07, 6.45) is 7.89. The summed E-state index contributed by atoms with van der Waals surface area (Å²) in [4.78, 5) is 24.5. The van der Waals surface area contributed by atoms with Crippen LogP contribution in [0.25, 0.3) is 6.08 Å². The van der Waals surface area contributed by atoms with Crippen molar-refractivity contribution >= 4 is 23.6 Å². The SMILES string of the molecule is CC1C=C(O)C(C)(/C=C/c2ccc(N3C(=O)C=CC3=O)cc2)CC1O. The number of nitrogens with zero attached hydrogens (tertiary/aromatic N) is 1. The van der Waals surface area contributed by atoms with Gasteiger partial charge in [0.15, 0.2) is 0 Å². The van der Waals surface area contributed by atoms with E-state index in [0.717, 1.165) is 10.5 Å². The molecule has 25 heavy (non-hydrogen) atoms. The normalized spacial score (nSPS) is 29.6. The monoisotopic (exact) mass is 339 g/mol. The Labute approximate surface area is 146 Å². The van der Waals surface area contributed by atoms with Crippen LogP contribution in [-0.4, -0.2) is 28.1 Å². The molecule has 0 saturated heterocycles. The van der Waals surface area contributed by atoms with Crippen LogP contribution in [0.2, 0.25) is 0 Å². The summed E-state index contributed by atoms with van der Waals surface area (Å²) >= 11 is 0. The van der Waals surface area contributed by atoms with Crippen molar-refractivity contribution in [2.24, 2.45) is 11.3 Å². The number of carbonyl (C=O) groups excluding carboxylic acids is 2. The molecular formula is C20H21NO4. The van der Waals surface area contributed by atoms with Crippen LogP contribution in [0.5, 0.6) is 0 Å². The lowest BCUT2D eigenvalue weighted by Gasteiger charge is -2.34. The molecular weight excluding hydrogens is 318 g/mol. The number of aliphatic hydroxyl groups is 2. The summed E-state index contributed by atoms with van der Waals surface area (Å²) in [6.45, 7) is 3.75. The standard InChI is InChI=1S/C20H21NO4/c1-13-11-17(23)20(2,12-16(13)22)10-9-14-3-5-15(6-4-14)21-18(24)7-8-19(21)25/h3-11,13,16,22-23H,12H2,1-2H3/b10-9+. The lowest BCUT2D eigenvalue weighted by atomic mass is 9.74. The Morgan fingerprint density at radius 2 is 1.76 bits per heavy atom. The van der Waals surface area contributed by atoms with E-state index in [4.69, 9.17) is 0 Å². The summed E-state index contributed by atoms with van der Waals surface area (Å²) in [7, 11) is 0. The summed E-state index contributed by atoms with van der Waals surface area (Å²) in [5, 5.41) is 20.3. The van der Waals surface area contributed by atoms with Crippen molar-refractivity contribution < 1.29 is 19.8 Å². The first-order valence-corrected chi connectivity index (χ1v) is 8.25. The third-order valence-electron chi connectivity index (χ3n) is 4.85. The predicted molar refractivity (Wildman–Crippen MR) is 95.7 cm³/mol. The summed E-state index contributed by atoms with van der Waals surface area (Å²) < 4.78 is 0. The Balaban J connectivity index is 1.78. The Hall–Kier alpha value is -2.66. The fourth-order valence-corrected chi connectivity index (χ4v) is 3.10. The number of rotatable bonds is 3. The maximum atomic E-state index is 11.7. The Morgan fingerprint density at radius 3 is 2.36 bits per heavy atom. The maximum Gasteiger partial charge on any atom is 0.258 e. The zero-order chi connectivity index (χ0) is 18.2. The van der Waals surface area contributed by atoms with Gasteiger partial charge in [-0.15, -0.1) is 0 Å². The van der Waals surface area contributed by atoms with E-state index in [9.17, 15) is 19.8 Å². The van der Waals surface area contributed by atoms with E-state index in [0.29, 0.717) is 12.1 Å². The minimum atomic E-state index is -0.616. The molecule has 2 aliphatic rings. The minimum absolute atomic E-state index is 0.0649. The van der Waals surface area contributed by atoms with Gasteiger partial charge < -0.3 is 10.2 Å². The van der Waals surface area contributed by atoms with Gasteiger partial charge in [0.2, 0.25) is 0 Å². The molecule has 3 atom stereocenters. The quantitative estimate of drug-likeness (QED) is 0.830. The first kappa shape index (κ1) is 17.2. The predicted octanol–water partition coefficient (Wildman–Crippen LogP) is 2.98. The third kappa shape index (κ3) is 3.28. The van der Waals surface area contributed by atoms with Gasteiger partial charge in [0, 0.05) is 23.5 Å². The molecule has 3 rings (SSSR count). The van der Waals surface area contributed by atoms with Crippen LogP contribution in [-0.2, 0) is 9.59 Å². The Morgan fingerprint density at radius 1 is 1.16 bits per heavy atom. The second-order valence-electron chi connectivity index (χ2n) is 6.87. The number of allylic oxidation sites excluding steroid dienone is 1. The van der Waals surface area contributed by atoms with E-state index in [1.54, 1.807) is 30.3 Å². The van der Waals surface area contributed by atoms with Gasteiger partial charge in [0.25, 0.3) is 11.8 Å². The van der Waals surface area contributed by atoms with Crippen molar-refractivity contribution in [3.05, 3.63) is 59.9 Å². The maximum absolute atomic E-state index is 11.7. The zero-order valence-electron chi connectivity index (χ0n) is 14.2. The van der Waals surface area contributed by atoms with Crippen molar-refractivity contribution in [3.8, 4) is 0 Å². The molecule has 1 aromatic carbocycles. The summed E-state index contributed by atoms with van der Waals surface area (Å²) in [6, 6.07) is 7.02. The number of imide groups is 1. The van der Waals surface area contributed by atoms with Crippen molar-refractivity contribution in [1.82, 2.24) is 0 Å². The highest BCUT2D eigenvalue weighted by Crippen LogP contribution is 2.39. The van der Waals surface area contributed by atoms with Crippen molar-refractivity contribution in [1.29, 1.82) is 0 Å². The molecule has 0 saturated carbocycles. The molecule has 1 aliphatic carbocycles. The number of carbonyl (C=O) groups is 2. The third-order valence-corrected chi connectivity index (χ3v) is 4.85. The van der Waals surface area contributed by atoms with E-state index in [2.05, 4.69) is 0 Å². The van der Waals surface area contributed by atoms with Gasteiger partial charge in [-0.2, -0.15) is 0 Å². The molecule has 0 radical (unpaired) electrons. The van der Waals surface area contributed by atoms with E-state index in [1.807, 2.05) is 26.0 Å². The van der Waals surface area contributed by atoms with E-state index < -0.39 is 11.5 Å². The highest BCUT2D eigenvalue weighted by atomic mass is 16.3. The van der Waals surface area contributed by atoms with Crippen LogP contribution in [0.4, 0.5) is 5.69 Å². The second kappa shape index (κ2) is 6.33. The molecule has 1 aliphatic heterocycles. The highest BCUT2D eigenvalue weighted by molar-refractivity contribution is 6.28. The first-order chi connectivity index (χ1) is 11.8. The topological polar surface area (TPSA) is 77.8 Å². The van der Waals surface area contributed by atoms with Gasteiger partial charge in [-0.25, -0.2) is 4.90 Å². The van der Waals surface area contributed by atoms with Crippen molar-refractivity contribution in [3.63, 3.8) is 0 Å². The molecule has 2 N–H and O–H groups in total. The number of amides is 2. The second-order valence-corrected chi connectivity index (χ2v) is 6.87. The molecule has 3 unspecified atom stereocenters. The highest BCUT2D eigenvalue weighted by Gasteiger charge is 2.35. The van der Waals surface area contributed by atoms with Gasteiger partial charge in [0.1, 0.15) is 0 Å². The number of aliphatic hydroxyl groups excluding tert-OH is 2. The van der Waals surface area contributed by atoms with Crippen LogP contribution in [0.1, 0.15) is 25.8 Å². The first-order valence-electron chi connectivity index (χ1n) is 8.25. The molecule has 2 amide bonds. The van der Waals surface area contributed by atoms with Gasteiger partial charge in [-0.3, -0.25) is 9.59 Å². The van der Waals surface area contributed by atoms with Crippen LogP contribution in [0, 0.1) is 11.3 Å². The van der Waals surface area contributed by atoms with Crippen LogP contribution >= 0.6 is 0 Å². The lowest BCUT2D eigenvalue weighted by Crippen LogP contribution is -2.32. The molecule has 0 aromatic heterocycles. The Bertz CT molecular complexity index is 772. The van der Waals surface area contributed by atoms with E-state index >= 15 is 0 Å². The number of benzene rings is 1. The molecule has 1 aromatic rings. The average molecular weight is 339 g/mol. The number of anilines is 1. The minimum Gasteiger partial charge on any atom is -0.512 e. The lowest BCUT2D eigenvalue weighted by molar-refractivity contribution is -0.119. The molecule has 1 heterocycles. The van der Waals surface area contributed by atoms with Gasteiger partial charge in [0.05, 0.1) is 17.6 Å². The largest absolute Gasteiger partial charge is 0.512 e. The molecule has 5 heteroatoms. The molecule has 5 nitrogen and oxygen atoms in total. The molecule has 0 bridgehead atoms. The fraction of sp³-hybridized carbons (Fsp3) is 0.300. The van der Waals surface area contributed by atoms with Gasteiger partial charge in [-0.1, -0.05) is 31.2 Å². The van der Waals surface area contributed by atoms with E-state index in [1.165, 1.54) is 12.2 Å².